The largest absolute Gasteiger partial charge is 0.354 e. The number of carbonyl (C=O) groups excluding carboxylic acids is 2. The third kappa shape index (κ3) is 3.58. The molecule has 138 valence electrons. The van der Waals surface area contributed by atoms with E-state index in [2.05, 4.69) is 10.4 Å². The first-order valence-corrected chi connectivity index (χ1v) is 8.82. The molecule has 1 atom stereocenters. The smallest absolute Gasteiger partial charge is 0.259 e. The van der Waals surface area contributed by atoms with E-state index >= 15 is 0 Å². The van der Waals surface area contributed by atoms with Crippen LogP contribution >= 0.6 is 11.6 Å². The number of hydrogen-bond donors (Lipinski definition) is 1. The third-order valence-corrected chi connectivity index (χ3v) is 4.89. The quantitative estimate of drug-likeness (QED) is 0.891. The number of hydrogen-bond acceptors (Lipinski definition) is 3. The van der Waals surface area contributed by atoms with Crippen molar-refractivity contribution in [2.45, 2.75) is 32.9 Å². The van der Waals surface area contributed by atoms with Crippen molar-refractivity contribution in [3.63, 3.8) is 0 Å². The van der Waals surface area contributed by atoms with E-state index in [0.717, 1.165) is 5.56 Å². The van der Waals surface area contributed by atoms with Crippen LogP contribution in [0, 0.1) is 12.7 Å². The molecule has 0 saturated carbocycles. The Kier molecular flexibility index (Phi) is 5.27. The molecule has 0 spiro atoms. The molecular weight excluding hydrogens is 359 g/mol. The predicted molar refractivity (Wildman–Crippen MR) is 95.6 cm³/mol. The van der Waals surface area contributed by atoms with Gasteiger partial charge in [-0.2, -0.15) is 5.10 Å². The molecule has 26 heavy (non-hydrogen) atoms. The van der Waals surface area contributed by atoms with E-state index in [0.29, 0.717) is 37.3 Å². The summed E-state index contributed by atoms with van der Waals surface area (Å²) in [5, 5.41) is 7.36. The van der Waals surface area contributed by atoms with Crippen molar-refractivity contribution in [1.29, 1.82) is 0 Å². The van der Waals surface area contributed by atoms with Crippen molar-refractivity contribution < 1.29 is 14.0 Å². The molecule has 8 heteroatoms. The molecule has 1 aromatic carbocycles. The predicted octanol–water partition coefficient (Wildman–Crippen LogP) is 2.38. The topological polar surface area (TPSA) is 67.2 Å². The molecule has 2 amide bonds. The van der Waals surface area contributed by atoms with E-state index in [-0.39, 0.29) is 22.8 Å². The summed E-state index contributed by atoms with van der Waals surface area (Å²) in [6, 6.07) is 5.45. The average Bonchev–Trinajstić information content (AvgIpc) is 2.77. The fourth-order valence-electron chi connectivity index (χ4n) is 3.03. The van der Waals surface area contributed by atoms with Gasteiger partial charge in [0.05, 0.1) is 17.8 Å². The van der Waals surface area contributed by atoms with Gasteiger partial charge in [-0.3, -0.25) is 9.59 Å². The maximum absolute atomic E-state index is 13.1. The van der Waals surface area contributed by atoms with Crippen LogP contribution in [0.4, 0.5) is 4.39 Å². The molecule has 0 radical (unpaired) electrons. The summed E-state index contributed by atoms with van der Waals surface area (Å²) in [7, 11) is 0. The minimum atomic E-state index is -0.569. The van der Waals surface area contributed by atoms with Crippen LogP contribution in [-0.4, -0.2) is 45.6 Å². The highest BCUT2D eigenvalue weighted by Gasteiger charge is 2.32. The molecule has 1 aliphatic rings. The maximum atomic E-state index is 13.1. The third-order valence-electron chi connectivity index (χ3n) is 4.51. The summed E-state index contributed by atoms with van der Waals surface area (Å²) in [5.74, 6) is -0.800. The molecule has 1 aliphatic heterocycles. The molecule has 2 heterocycles. The Balaban J connectivity index is 1.88. The first-order valence-electron chi connectivity index (χ1n) is 8.44. The van der Waals surface area contributed by atoms with Crippen LogP contribution in [0.5, 0.6) is 0 Å². The molecule has 0 aliphatic carbocycles. The Bertz CT molecular complexity index is 834. The van der Waals surface area contributed by atoms with Gasteiger partial charge in [-0.1, -0.05) is 23.7 Å². The van der Waals surface area contributed by atoms with Crippen molar-refractivity contribution in [3.8, 4) is 0 Å². The lowest BCUT2D eigenvalue weighted by molar-refractivity contribution is -0.124. The second kappa shape index (κ2) is 7.45. The molecule has 1 unspecified atom stereocenters. The highest BCUT2D eigenvalue weighted by atomic mass is 35.5. The fourth-order valence-corrected chi connectivity index (χ4v) is 3.34. The van der Waals surface area contributed by atoms with E-state index in [1.165, 1.54) is 21.7 Å². The second-order valence-corrected chi connectivity index (χ2v) is 6.71. The van der Waals surface area contributed by atoms with Crippen molar-refractivity contribution >= 4 is 23.4 Å². The van der Waals surface area contributed by atoms with Gasteiger partial charge < -0.3 is 10.2 Å². The summed E-state index contributed by atoms with van der Waals surface area (Å²) in [5.41, 5.74) is 1.62. The zero-order valence-electron chi connectivity index (χ0n) is 14.6. The van der Waals surface area contributed by atoms with Crippen molar-refractivity contribution in [2.24, 2.45) is 0 Å². The van der Waals surface area contributed by atoms with Gasteiger partial charge in [0.15, 0.2) is 0 Å². The first-order chi connectivity index (χ1) is 12.4. The summed E-state index contributed by atoms with van der Waals surface area (Å²) < 4.78 is 14.6. The molecule has 0 bridgehead atoms. The van der Waals surface area contributed by atoms with E-state index in [1.807, 2.05) is 0 Å². The van der Waals surface area contributed by atoms with Crippen molar-refractivity contribution in [1.82, 2.24) is 20.0 Å². The number of halogens is 2. The average molecular weight is 379 g/mol. The van der Waals surface area contributed by atoms with E-state index < -0.39 is 6.04 Å². The van der Waals surface area contributed by atoms with Gasteiger partial charge in [-0.15, -0.1) is 0 Å². The van der Waals surface area contributed by atoms with Gasteiger partial charge >= 0.3 is 0 Å². The van der Waals surface area contributed by atoms with Crippen LogP contribution in [-0.2, 0) is 11.3 Å². The standard InChI is InChI=1S/C18H20ClFN4O2/c1-11-15(18(26)23-9-3-8-21-17(25)12(23)2)16(19)24(22-11)10-13-4-6-14(20)7-5-13/h4-7,12H,3,8-10H2,1-2H3,(H,21,25). The minimum Gasteiger partial charge on any atom is -0.354 e. The SMILES string of the molecule is Cc1nn(Cc2ccc(F)cc2)c(Cl)c1C(=O)N1CCCNC(=O)C1C. The van der Waals surface area contributed by atoms with E-state index in [1.54, 1.807) is 26.0 Å². The van der Waals surface area contributed by atoms with Gasteiger partial charge in [0.25, 0.3) is 5.91 Å². The molecule has 3 rings (SSSR count). The van der Waals surface area contributed by atoms with E-state index in [9.17, 15) is 14.0 Å². The molecule has 1 N–H and O–H groups in total. The zero-order chi connectivity index (χ0) is 18.8. The van der Waals surface area contributed by atoms with Gasteiger partial charge in [0.1, 0.15) is 17.0 Å². The lowest BCUT2D eigenvalue weighted by Gasteiger charge is -2.25. The minimum absolute atomic E-state index is 0.177. The summed E-state index contributed by atoms with van der Waals surface area (Å²) in [6.45, 7) is 4.75. The Morgan fingerprint density at radius 2 is 2.08 bits per heavy atom. The molecule has 2 aromatic rings. The van der Waals surface area contributed by atoms with Crippen molar-refractivity contribution in [2.75, 3.05) is 13.1 Å². The first kappa shape index (κ1) is 18.4. The van der Waals surface area contributed by atoms with Crippen LogP contribution in [0.15, 0.2) is 24.3 Å². The second-order valence-electron chi connectivity index (χ2n) is 6.35. The highest BCUT2D eigenvalue weighted by molar-refractivity contribution is 6.33. The highest BCUT2D eigenvalue weighted by Crippen LogP contribution is 2.24. The Morgan fingerprint density at radius 1 is 1.38 bits per heavy atom. The Morgan fingerprint density at radius 3 is 2.77 bits per heavy atom. The number of carbonyl (C=O) groups is 2. The fraction of sp³-hybridized carbons (Fsp3) is 0.389. The van der Waals surface area contributed by atoms with Gasteiger partial charge in [0, 0.05) is 13.1 Å². The van der Waals surface area contributed by atoms with Crippen LogP contribution in [0.2, 0.25) is 5.15 Å². The number of rotatable bonds is 3. The summed E-state index contributed by atoms with van der Waals surface area (Å²) in [6.07, 6.45) is 0.683. The monoisotopic (exact) mass is 378 g/mol. The molecule has 1 aromatic heterocycles. The molecule has 6 nitrogen and oxygen atoms in total. The molecule has 1 saturated heterocycles. The Hall–Kier alpha value is -2.41. The molecule has 1 fully saturated rings. The van der Waals surface area contributed by atoms with Crippen molar-refractivity contribution in [3.05, 3.63) is 52.1 Å². The van der Waals surface area contributed by atoms with Crippen LogP contribution < -0.4 is 5.32 Å². The van der Waals surface area contributed by atoms with Gasteiger partial charge in [0.2, 0.25) is 5.91 Å². The lowest BCUT2D eigenvalue weighted by atomic mass is 10.2. The number of nitrogens with one attached hydrogen (secondary N) is 1. The van der Waals surface area contributed by atoms with Gasteiger partial charge in [-0.05, 0) is 38.0 Å². The van der Waals surface area contributed by atoms with Crippen LogP contribution in [0.25, 0.3) is 0 Å². The lowest BCUT2D eigenvalue weighted by Crippen LogP contribution is -2.45. The maximum Gasteiger partial charge on any atom is 0.259 e. The zero-order valence-corrected chi connectivity index (χ0v) is 15.4. The number of nitrogens with zero attached hydrogens (tertiary/aromatic N) is 3. The summed E-state index contributed by atoms with van der Waals surface area (Å²) >= 11 is 6.43. The van der Waals surface area contributed by atoms with Crippen LogP contribution in [0.1, 0.15) is 35.0 Å². The number of benzene rings is 1. The number of aryl methyl sites for hydroxylation is 1. The van der Waals surface area contributed by atoms with Gasteiger partial charge in [-0.25, -0.2) is 9.07 Å². The summed E-state index contributed by atoms with van der Waals surface area (Å²) in [4.78, 5) is 26.6. The number of amides is 2. The van der Waals surface area contributed by atoms with Crippen LogP contribution in [0.3, 0.4) is 0 Å². The van der Waals surface area contributed by atoms with E-state index in [4.69, 9.17) is 11.6 Å². The molecular formula is C18H20ClFN4O2. The number of aromatic nitrogens is 2. The normalized spacial score (nSPS) is 17.8. The Labute approximate surface area is 155 Å².